The number of hydrogen-bond donors (Lipinski definition) is 1. The smallest absolute Gasteiger partial charge is 0.169 e. The quantitative estimate of drug-likeness (QED) is 0.602. The molecule has 0 amide bonds. The molecule has 0 radical (unpaired) electrons. The second-order valence-corrected chi connectivity index (χ2v) is 4.01. The van der Waals surface area contributed by atoms with Gasteiger partial charge in [-0.25, -0.2) is 0 Å². The summed E-state index contributed by atoms with van der Waals surface area (Å²) in [7, 11) is 0. The normalized spacial score (nSPS) is 13.8. The standard InChI is InChI=1S/C12H27NO2/c1-6-11(10(4)5)13-9-12(14-7-2)15-8-3/h10-13H,6-9H2,1-5H3. The lowest BCUT2D eigenvalue weighted by Gasteiger charge is -2.24. The molecule has 0 heterocycles. The first-order chi connectivity index (χ1) is 7.15. The van der Waals surface area contributed by atoms with Gasteiger partial charge in [0.1, 0.15) is 0 Å². The van der Waals surface area contributed by atoms with Gasteiger partial charge < -0.3 is 14.8 Å². The molecule has 0 rings (SSSR count). The first-order valence-corrected chi connectivity index (χ1v) is 6.12. The van der Waals surface area contributed by atoms with E-state index in [0.29, 0.717) is 25.2 Å². The molecule has 0 aliphatic heterocycles. The molecule has 92 valence electrons. The van der Waals surface area contributed by atoms with E-state index in [0.717, 1.165) is 13.0 Å². The molecule has 3 nitrogen and oxygen atoms in total. The second kappa shape index (κ2) is 9.13. The van der Waals surface area contributed by atoms with Gasteiger partial charge in [0.2, 0.25) is 0 Å². The van der Waals surface area contributed by atoms with Gasteiger partial charge in [-0.15, -0.1) is 0 Å². The van der Waals surface area contributed by atoms with Gasteiger partial charge in [-0.05, 0) is 26.2 Å². The third kappa shape index (κ3) is 6.88. The molecule has 0 fully saturated rings. The van der Waals surface area contributed by atoms with E-state index in [9.17, 15) is 0 Å². The fraction of sp³-hybridized carbons (Fsp3) is 1.00. The fourth-order valence-electron chi connectivity index (χ4n) is 1.64. The van der Waals surface area contributed by atoms with E-state index in [2.05, 4.69) is 26.1 Å². The third-order valence-electron chi connectivity index (χ3n) is 2.50. The van der Waals surface area contributed by atoms with Crippen molar-refractivity contribution in [2.45, 2.75) is 53.4 Å². The summed E-state index contributed by atoms with van der Waals surface area (Å²) in [6.07, 6.45) is 1.04. The molecule has 1 atom stereocenters. The molecule has 0 saturated carbocycles. The Morgan fingerprint density at radius 3 is 1.87 bits per heavy atom. The highest BCUT2D eigenvalue weighted by Gasteiger charge is 2.13. The molecular formula is C12H27NO2. The van der Waals surface area contributed by atoms with Crippen molar-refractivity contribution < 1.29 is 9.47 Å². The highest BCUT2D eigenvalue weighted by Crippen LogP contribution is 2.05. The van der Waals surface area contributed by atoms with Crippen LogP contribution in [0.15, 0.2) is 0 Å². The van der Waals surface area contributed by atoms with E-state index in [1.165, 1.54) is 0 Å². The lowest BCUT2D eigenvalue weighted by Crippen LogP contribution is -2.40. The summed E-state index contributed by atoms with van der Waals surface area (Å²) in [5.41, 5.74) is 0. The summed E-state index contributed by atoms with van der Waals surface area (Å²) in [6.45, 7) is 12.8. The maximum atomic E-state index is 5.47. The minimum atomic E-state index is -0.104. The fourth-order valence-corrected chi connectivity index (χ4v) is 1.64. The molecule has 1 N–H and O–H groups in total. The first kappa shape index (κ1) is 14.9. The predicted octanol–water partition coefficient (Wildman–Crippen LogP) is 2.41. The minimum absolute atomic E-state index is 0.104. The van der Waals surface area contributed by atoms with E-state index in [1.807, 2.05) is 13.8 Å². The molecule has 1 unspecified atom stereocenters. The Morgan fingerprint density at radius 1 is 1.00 bits per heavy atom. The molecule has 0 bridgehead atoms. The molecule has 0 aromatic heterocycles. The van der Waals surface area contributed by atoms with Crippen LogP contribution in [0.25, 0.3) is 0 Å². The van der Waals surface area contributed by atoms with Crippen LogP contribution in [0.4, 0.5) is 0 Å². The highest BCUT2D eigenvalue weighted by atomic mass is 16.7. The van der Waals surface area contributed by atoms with E-state index in [-0.39, 0.29) is 6.29 Å². The lowest BCUT2D eigenvalue weighted by molar-refractivity contribution is -0.134. The average molecular weight is 217 g/mol. The van der Waals surface area contributed by atoms with Crippen LogP contribution in [-0.4, -0.2) is 32.1 Å². The van der Waals surface area contributed by atoms with Crippen LogP contribution in [0.3, 0.4) is 0 Å². The largest absolute Gasteiger partial charge is 0.352 e. The molecule has 0 aromatic carbocycles. The zero-order chi connectivity index (χ0) is 11.7. The van der Waals surface area contributed by atoms with Crippen molar-refractivity contribution in [1.82, 2.24) is 5.32 Å². The van der Waals surface area contributed by atoms with Crippen LogP contribution in [0.5, 0.6) is 0 Å². The second-order valence-electron chi connectivity index (χ2n) is 4.01. The van der Waals surface area contributed by atoms with E-state index in [1.54, 1.807) is 0 Å². The van der Waals surface area contributed by atoms with Crippen molar-refractivity contribution in [1.29, 1.82) is 0 Å². The summed E-state index contributed by atoms with van der Waals surface area (Å²) in [5, 5.41) is 3.49. The topological polar surface area (TPSA) is 30.5 Å². The predicted molar refractivity (Wildman–Crippen MR) is 64.0 cm³/mol. The zero-order valence-electron chi connectivity index (χ0n) is 10.9. The van der Waals surface area contributed by atoms with E-state index in [4.69, 9.17) is 9.47 Å². The van der Waals surface area contributed by atoms with Crippen LogP contribution in [-0.2, 0) is 9.47 Å². The van der Waals surface area contributed by atoms with E-state index >= 15 is 0 Å². The number of rotatable bonds is 9. The van der Waals surface area contributed by atoms with Gasteiger partial charge in [-0.2, -0.15) is 0 Å². The summed E-state index contributed by atoms with van der Waals surface area (Å²) in [6, 6.07) is 0.549. The molecule has 0 spiro atoms. The van der Waals surface area contributed by atoms with Gasteiger partial charge in [-0.3, -0.25) is 0 Å². The Morgan fingerprint density at radius 2 is 1.53 bits per heavy atom. The van der Waals surface area contributed by atoms with Crippen LogP contribution in [0.2, 0.25) is 0 Å². The summed E-state index contributed by atoms with van der Waals surface area (Å²) in [4.78, 5) is 0. The molecule has 0 aromatic rings. The Bertz CT molecular complexity index is 134. The van der Waals surface area contributed by atoms with Crippen molar-refractivity contribution in [2.24, 2.45) is 5.92 Å². The molecule has 0 aliphatic rings. The van der Waals surface area contributed by atoms with Gasteiger partial charge in [0, 0.05) is 25.8 Å². The van der Waals surface area contributed by atoms with Crippen molar-refractivity contribution in [3.63, 3.8) is 0 Å². The van der Waals surface area contributed by atoms with Crippen molar-refractivity contribution in [3.8, 4) is 0 Å². The SMILES string of the molecule is CCOC(CNC(CC)C(C)C)OCC. The Labute approximate surface area is 94.5 Å². The minimum Gasteiger partial charge on any atom is -0.352 e. The Balaban J connectivity index is 3.84. The van der Waals surface area contributed by atoms with Crippen molar-refractivity contribution >= 4 is 0 Å². The summed E-state index contributed by atoms with van der Waals surface area (Å²) in [5.74, 6) is 0.652. The van der Waals surface area contributed by atoms with Gasteiger partial charge >= 0.3 is 0 Å². The Hall–Kier alpha value is -0.120. The lowest BCUT2D eigenvalue weighted by atomic mass is 10.0. The number of ether oxygens (including phenoxy) is 2. The van der Waals surface area contributed by atoms with Crippen molar-refractivity contribution in [3.05, 3.63) is 0 Å². The van der Waals surface area contributed by atoms with Gasteiger partial charge in [0.25, 0.3) is 0 Å². The van der Waals surface area contributed by atoms with Crippen LogP contribution in [0.1, 0.15) is 41.0 Å². The van der Waals surface area contributed by atoms with Crippen LogP contribution < -0.4 is 5.32 Å². The summed E-state index contributed by atoms with van der Waals surface area (Å²) >= 11 is 0. The van der Waals surface area contributed by atoms with E-state index < -0.39 is 0 Å². The molecule has 15 heavy (non-hydrogen) atoms. The van der Waals surface area contributed by atoms with Crippen molar-refractivity contribution in [2.75, 3.05) is 19.8 Å². The van der Waals surface area contributed by atoms with Gasteiger partial charge in [0.15, 0.2) is 6.29 Å². The molecule has 3 heteroatoms. The zero-order valence-corrected chi connectivity index (χ0v) is 10.9. The monoisotopic (exact) mass is 217 g/mol. The number of hydrogen-bond acceptors (Lipinski definition) is 3. The number of nitrogens with one attached hydrogen (secondary N) is 1. The molecular weight excluding hydrogens is 190 g/mol. The van der Waals surface area contributed by atoms with Crippen LogP contribution in [0, 0.1) is 5.92 Å². The molecule has 0 saturated heterocycles. The Kier molecular flexibility index (Phi) is 9.06. The van der Waals surface area contributed by atoms with Crippen LogP contribution >= 0.6 is 0 Å². The van der Waals surface area contributed by atoms with Gasteiger partial charge in [0.05, 0.1) is 0 Å². The van der Waals surface area contributed by atoms with Gasteiger partial charge in [-0.1, -0.05) is 20.8 Å². The molecule has 0 aliphatic carbocycles. The maximum Gasteiger partial charge on any atom is 0.169 e. The third-order valence-corrected chi connectivity index (χ3v) is 2.50. The maximum absolute atomic E-state index is 5.47. The summed E-state index contributed by atoms with van der Waals surface area (Å²) < 4.78 is 10.9. The first-order valence-electron chi connectivity index (χ1n) is 6.12. The average Bonchev–Trinajstić information content (AvgIpc) is 2.18. The highest BCUT2D eigenvalue weighted by molar-refractivity contribution is 4.69.